The molecule has 0 bridgehead atoms. The van der Waals surface area contributed by atoms with Gasteiger partial charge < -0.3 is 10.6 Å². The zero-order chi connectivity index (χ0) is 16.5. The second-order valence-electron chi connectivity index (χ2n) is 5.53. The number of aromatic amines is 1. The third-order valence-electron chi connectivity index (χ3n) is 4.00. The summed E-state index contributed by atoms with van der Waals surface area (Å²) in [5.41, 5.74) is 4.11. The van der Waals surface area contributed by atoms with Crippen LogP contribution in [0.2, 0.25) is 0 Å². The van der Waals surface area contributed by atoms with Crippen molar-refractivity contribution in [3.63, 3.8) is 0 Å². The van der Waals surface area contributed by atoms with Crippen LogP contribution in [0.3, 0.4) is 0 Å². The molecule has 0 fully saturated rings. The molecule has 0 unspecified atom stereocenters. The highest BCUT2D eigenvalue weighted by atomic mass is 16.2. The number of carbonyl (C=O) groups excluding carboxylic acids is 2. The number of aromatic nitrogens is 2. The van der Waals surface area contributed by atoms with Crippen molar-refractivity contribution < 1.29 is 9.59 Å². The lowest BCUT2D eigenvalue weighted by Crippen LogP contribution is -2.14. The van der Waals surface area contributed by atoms with E-state index in [1.54, 1.807) is 12.1 Å². The lowest BCUT2D eigenvalue weighted by Gasteiger charge is -2.07. The number of rotatable bonds is 3. The molecule has 3 N–H and O–H groups in total. The summed E-state index contributed by atoms with van der Waals surface area (Å²) >= 11 is 0. The molecule has 0 saturated heterocycles. The van der Waals surface area contributed by atoms with E-state index in [0.717, 1.165) is 11.1 Å². The van der Waals surface area contributed by atoms with Crippen molar-refractivity contribution >= 4 is 17.5 Å². The summed E-state index contributed by atoms with van der Waals surface area (Å²) in [6.45, 7) is 0.530. The third kappa shape index (κ3) is 2.44. The molecule has 2 heterocycles. The number of H-pyrrole nitrogens is 1. The zero-order valence-corrected chi connectivity index (χ0v) is 12.7. The van der Waals surface area contributed by atoms with Gasteiger partial charge in [0.1, 0.15) is 0 Å². The van der Waals surface area contributed by atoms with Crippen molar-refractivity contribution in [2.45, 2.75) is 6.54 Å². The number of amides is 2. The Balaban J connectivity index is 1.61. The van der Waals surface area contributed by atoms with E-state index in [0.29, 0.717) is 29.1 Å². The Labute approximate surface area is 137 Å². The SMILES string of the molecule is O=C1NCc2ccc(NC(=O)c3cn[nH]c3-c3ccccc3)cc21. The highest BCUT2D eigenvalue weighted by Crippen LogP contribution is 2.23. The summed E-state index contributed by atoms with van der Waals surface area (Å²) < 4.78 is 0. The first-order valence-electron chi connectivity index (χ1n) is 7.53. The van der Waals surface area contributed by atoms with E-state index in [4.69, 9.17) is 0 Å². The predicted octanol–water partition coefficient (Wildman–Crippen LogP) is 2.57. The number of hydrogen-bond acceptors (Lipinski definition) is 3. The van der Waals surface area contributed by atoms with E-state index in [1.165, 1.54) is 6.20 Å². The molecule has 0 radical (unpaired) electrons. The van der Waals surface area contributed by atoms with Crippen molar-refractivity contribution in [2.24, 2.45) is 0 Å². The molecule has 1 aliphatic heterocycles. The molecule has 0 atom stereocenters. The Morgan fingerprint density at radius 1 is 1.12 bits per heavy atom. The molecule has 1 aliphatic rings. The standard InChI is InChI=1S/C18H14N4O2/c23-17-14-8-13(7-6-12(14)9-19-17)21-18(24)15-10-20-22-16(15)11-4-2-1-3-5-11/h1-8,10H,9H2,(H,19,23)(H,20,22)(H,21,24). The molecule has 2 amide bonds. The van der Waals surface area contributed by atoms with Crippen LogP contribution in [0.25, 0.3) is 11.3 Å². The molecule has 4 rings (SSSR count). The van der Waals surface area contributed by atoms with Crippen LogP contribution in [0.1, 0.15) is 26.3 Å². The molecule has 24 heavy (non-hydrogen) atoms. The van der Waals surface area contributed by atoms with Gasteiger partial charge in [0.15, 0.2) is 0 Å². The van der Waals surface area contributed by atoms with Crippen LogP contribution in [0.15, 0.2) is 54.7 Å². The van der Waals surface area contributed by atoms with E-state index in [1.807, 2.05) is 36.4 Å². The molecule has 3 aromatic rings. The second kappa shape index (κ2) is 5.66. The monoisotopic (exact) mass is 318 g/mol. The molecule has 6 heteroatoms. The van der Waals surface area contributed by atoms with E-state index in [-0.39, 0.29) is 11.8 Å². The van der Waals surface area contributed by atoms with Gasteiger partial charge in [-0.2, -0.15) is 5.10 Å². The average molecular weight is 318 g/mol. The van der Waals surface area contributed by atoms with E-state index in [2.05, 4.69) is 20.8 Å². The summed E-state index contributed by atoms with van der Waals surface area (Å²) in [5, 5.41) is 12.4. The maximum absolute atomic E-state index is 12.6. The highest BCUT2D eigenvalue weighted by Gasteiger charge is 2.20. The van der Waals surface area contributed by atoms with E-state index >= 15 is 0 Å². The van der Waals surface area contributed by atoms with Crippen LogP contribution in [-0.2, 0) is 6.54 Å². The van der Waals surface area contributed by atoms with Crippen molar-refractivity contribution in [2.75, 3.05) is 5.32 Å². The number of benzene rings is 2. The van der Waals surface area contributed by atoms with Crippen LogP contribution in [0, 0.1) is 0 Å². The first-order chi connectivity index (χ1) is 11.7. The van der Waals surface area contributed by atoms with Crippen molar-refractivity contribution in [1.29, 1.82) is 0 Å². The minimum absolute atomic E-state index is 0.116. The fourth-order valence-corrected chi connectivity index (χ4v) is 2.77. The van der Waals surface area contributed by atoms with E-state index in [9.17, 15) is 9.59 Å². The van der Waals surface area contributed by atoms with Gasteiger partial charge in [-0.3, -0.25) is 14.7 Å². The fraction of sp³-hybridized carbons (Fsp3) is 0.0556. The van der Waals surface area contributed by atoms with Crippen LogP contribution < -0.4 is 10.6 Å². The number of anilines is 1. The number of fused-ring (bicyclic) bond motifs is 1. The van der Waals surface area contributed by atoms with Gasteiger partial charge in [0.05, 0.1) is 17.5 Å². The Morgan fingerprint density at radius 3 is 2.79 bits per heavy atom. The van der Waals surface area contributed by atoms with Gasteiger partial charge in [0.25, 0.3) is 11.8 Å². The molecule has 6 nitrogen and oxygen atoms in total. The molecule has 118 valence electrons. The van der Waals surface area contributed by atoms with Gasteiger partial charge in [-0.1, -0.05) is 36.4 Å². The van der Waals surface area contributed by atoms with Crippen LogP contribution in [0.5, 0.6) is 0 Å². The summed E-state index contributed by atoms with van der Waals surface area (Å²) in [6, 6.07) is 14.9. The van der Waals surface area contributed by atoms with Crippen molar-refractivity contribution in [3.05, 3.63) is 71.4 Å². The van der Waals surface area contributed by atoms with Crippen LogP contribution in [-0.4, -0.2) is 22.0 Å². The number of hydrogen-bond donors (Lipinski definition) is 3. The number of nitrogens with one attached hydrogen (secondary N) is 3. The van der Waals surface area contributed by atoms with Crippen molar-refractivity contribution in [3.8, 4) is 11.3 Å². The number of carbonyl (C=O) groups is 2. The first kappa shape index (κ1) is 14.2. The van der Waals surface area contributed by atoms with Crippen molar-refractivity contribution in [1.82, 2.24) is 15.5 Å². The van der Waals surface area contributed by atoms with Gasteiger partial charge in [-0.25, -0.2) is 0 Å². The van der Waals surface area contributed by atoms with Gasteiger partial charge >= 0.3 is 0 Å². The van der Waals surface area contributed by atoms with Gasteiger partial charge in [0.2, 0.25) is 0 Å². The normalized spacial score (nSPS) is 12.6. The smallest absolute Gasteiger partial charge is 0.259 e. The quantitative estimate of drug-likeness (QED) is 0.693. The minimum atomic E-state index is -0.277. The minimum Gasteiger partial charge on any atom is -0.348 e. The van der Waals surface area contributed by atoms with Crippen LogP contribution in [0.4, 0.5) is 5.69 Å². The van der Waals surface area contributed by atoms with Crippen LogP contribution >= 0.6 is 0 Å². The molecular weight excluding hydrogens is 304 g/mol. The molecule has 1 aromatic heterocycles. The molecule has 0 spiro atoms. The first-order valence-corrected chi connectivity index (χ1v) is 7.53. The Kier molecular flexibility index (Phi) is 3.35. The van der Waals surface area contributed by atoms with Gasteiger partial charge in [-0.15, -0.1) is 0 Å². The summed E-state index contributed by atoms with van der Waals surface area (Å²) in [5.74, 6) is -0.393. The highest BCUT2D eigenvalue weighted by molar-refractivity contribution is 6.08. The average Bonchev–Trinajstić information content (AvgIpc) is 3.23. The summed E-state index contributed by atoms with van der Waals surface area (Å²) in [7, 11) is 0. The summed E-state index contributed by atoms with van der Waals surface area (Å²) in [4.78, 5) is 24.3. The predicted molar refractivity (Wildman–Crippen MR) is 89.6 cm³/mol. The topological polar surface area (TPSA) is 86.9 Å². The maximum Gasteiger partial charge on any atom is 0.259 e. The third-order valence-corrected chi connectivity index (χ3v) is 4.00. The summed E-state index contributed by atoms with van der Waals surface area (Å²) in [6.07, 6.45) is 1.50. The molecule has 0 aliphatic carbocycles. The molecule has 2 aromatic carbocycles. The Hall–Kier alpha value is -3.41. The molecular formula is C18H14N4O2. The lowest BCUT2D eigenvalue weighted by molar-refractivity contribution is 0.0964. The number of nitrogens with zero attached hydrogens (tertiary/aromatic N) is 1. The zero-order valence-electron chi connectivity index (χ0n) is 12.7. The lowest BCUT2D eigenvalue weighted by atomic mass is 10.1. The van der Waals surface area contributed by atoms with Gasteiger partial charge in [-0.05, 0) is 17.7 Å². The Bertz CT molecular complexity index is 931. The fourth-order valence-electron chi connectivity index (χ4n) is 2.77. The second-order valence-corrected chi connectivity index (χ2v) is 5.53. The van der Waals surface area contributed by atoms with Gasteiger partial charge in [0, 0.05) is 23.4 Å². The maximum atomic E-state index is 12.6. The largest absolute Gasteiger partial charge is 0.348 e. The Morgan fingerprint density at radius 2 is 1.96 bits per heavy atom. The van der Waals surface area contributed by atoms with E-state index < -0.39 is 0 Å². The molecule has 0 saturated carbocycles.